The van der Waals surface area contributed by atoms with Crippen molar-refractivity contribution in [3.8, 4) is 0 Å². The second kappa shape index (κ2) is 8.59. The zero-order chi connectivity index (χ0) is 15.1. The number of nitrogens with one attached hydrogen (secondary N) is 2. The van der Waals surface area contributed by atoms with Gasteiger partial charge in [0, 0.05) is 25.2 Å². The summed E-state index contributed by atoms with van der Waals surface area (Å²) in [7, 11) is 0. The van der Waals surface area contributed by atoms with E-state index in [1.54, 1.807) is 6.92 Å². The molecule has 0 aromatic carbocycles. The van der Waals surface area contributed by atoms with Gasteiger partial charge >= 0.3 is 6.03 Å². The summed E-state index contributed by atoms with van der Waals surface area (Å²) >= 11 is 0. The summed E-state index contributed by atoms with van der Waals surface area (Å²) in [6.45, 7) is 4.45. The van der Waals surface area contributed by atoms with Gasteiger partial charge in [0.2, 0.25) is 0 Å². The monoisotopic (exact) mass is 297 g/mol. The number of likely N-dealkylation sites (tertiary alicyclic amines) is 1. The maximum absolute atomic E-state index is 11.9. The Hall–Kier alpha value is -0.810. The van der Waals surface area contributed by atoms with E-state index in [1.165, 1.54) is 45.1 Å². The van der Waals surface area contributed by atoms with Crippen LogP contribution >= 0.6 is 0 Å². The third-order valence-electron chi connectivity index (χ3n) is 4.73. The normalized spacial score (nSPS) is 26.3. The minimum absolute atomic E-state index is 0.0915. The summed E-state index contributed by atoms with van der Waals surface area (Å²) in [6, 6.07) is 0.917. The van der Waals surface area contributed by atoms with Crippen LogP contribution in [-0.2, 0) is 0 Å². The van der Waals surface area contributed by atoms with Gasteiger partial charge in [0.25, 0.3) is 0 Å². The molecule has 2 unspecified atom stereocenters. The summed E-state index contributed by atoms with van der Waals surface area (Å²) in [5, 5.41) is 15.1. The largest absolute Gasteiger partial charge is 0.393 e. The number of piperidine rings is 1. The highest BCUT2D eigenvalue weighted by molar-refractivity contribution is 5.74. The van der Waals surface area contributed by atoms with Crippen LogP contribution in [0.2, 0.25) is 0 Å². The zero-order valence-electron chi connectivity index (χ0n) is 13.3. The van der Waals surface area contributed by atoms with E-state index in [0.29, 0.717) is 13.0 Å². The molecule has 1 aliphatic carbocycles. The van der Waals surface area contributed by atoms with Crippen LogP contribution in [0, 0.1) is 0 Å². The Kier molecular flexibility index (Phi) is 6.77. The molecule has 2 atom stereocenters. The molecular formula is C16H31N3O2. The Morgan fingerprint density at radius 3 is 2.71 bits per heavy atom. The third kappa shape index (κ3) is 5.83. The predicted octanol–water partition coefficient (Wildman–Crippen LogP) is 1.85. The summed E-state index contributed by atoms with van der Waals surface area (Å²) < 4.78 is 0. The molecule has 0 aromatic heterocycles. The first-order chi connectivity index (χ1) is 10.1. The second-order valence-electron chi connectivity index (χ2n) is 6.66. The molecule has 2 aliphatic rings. The molecular weight excluding hydrogens is 266 g/mol. The predicted molar refractivity (Wildman–Crippen MR) is 84.3 cm³/mol. The lowest BCUT2D eigenvalue weighted by molar-refractivity contribution is 0.112. The van der Waals surface area contributed by atoms with Crippen molar-refractivity contribution >= 4 is 6.03 Å². The van der Waals surface area contributed by atoms with Crippen LogP contribution in [0.4, 0.5) is 4.79 Å². The molecule has 21 heavy (non-hydrogen) atoms. The molecule has 1 heterocycles. The fraction of sp³-hybridized carbons (Fsp3) is 0.938. The number of nitrogens with zero attached hydrogens (tertiary/aromatic N) is 1. The van der Waals surface area contributed by atoms with E-state index in [1.807, 2.05) is 0 Å². The van der Waals surface area contributed by atoms with E-state index in [2.05, 4.69) is 15.5 Å². The SMILES string of the molecule is CC(O)CCNC(=O)NC1CCCN(C2CCCCC2)C1. The fourth-order valence-electron chi connectivity index (χ4n) is 3.53. The van der Waals surface area contributed by atoms with Gasteiger partial charge < -0.3 is 15.7 Å². The van der Waals surface area contributed by atoms with Crippen molar-refractivity contribution in [2.24, 2.45) is 0 Å². The highest BCUT2D eigenvalue weighted by Crippen LogP contribution is 2.25. The molecule has 0 spiro atoms. The summed E-state index contributed by atoms with van der Waals surface area (Å²) in [4.78, 5) is 14.4. The number of aliphatic hydroxyl groups excluding tert-OH is 1. The summed E-state index contributed by atoms with van der Waals surface area (Å²) in [5.41, 5.74) is 0. The van der Waals surface area contributed by atoms with Gasteiger partial charge in [-0.15, -0.1) is 0 Å². The second-order valence-corrected chi connectivity index (χ2v) is 6.66. The minimum atomic E-state index is -0.359. The average Bonchev–Trinajstić information content (AvgIpc) is 2.48. The van der Waals surface area contributed by atoms with Gasteiger partial charge in [-0.25, -0.2) is 4.79 Å². The molecule has 0 aromatic rings. The highest BCUT2D eigenvalue weighted by Gasteiger charge is 2.27. The fourth-order valence-corrected chi connectivity index (χ4v) is 3.53. The zero-order valence-corrected chi connectivity index (χ0v) is 13.3. The molecule has 2 fully saturated rings. The van der Waals surface area contributed by atoms with Crippen LogP contribution in [0.1, 0.15) is 58.3 Å². The van der Waals surface area contributed by atoms with Crippen LogP contribution in [0.25, 0.3) is 0 Å². The maximum atomic E-state index is 11.9. The minimum Gasteiger partial charge on any atom is -0.393 e. The van der Waals surface area contributed by atoms with Crippen molar-refractivity contribution < 1.29 is 9.90 Å². The van der Waals surface area contributed by atoms with Crippen LogP contribution in [-0.4, -0.2) is 53.9 Å². The standard InChI is InChI=1S/C16H31N3O2/c1-13(20)9-10-17-16(21)18-14-6-5-11-19(12-14)15-7-3-2-4-8-15/h13-15,20H,2-12H2,1H3,(H2,17,18,21). The van der Waals surface area contributed by atoms with E-state index >= 15 is 0 Å². The van der Waals surface area contributed by atoms with E-state index < -0.39 is 0 Å². The van der Waals surface area contributed by atoms with Crippen molar-refractivity contribution in [1.29, 1.82) is 0 Å². The van der Waals surface area contributed by atoms with Crippen molar-refractivity contribution in [3.63, 3.8) is 0 Å². The average molecular weight is 297 g/mol. The quantitative estimate of drug-likeness (QED) is 0.725. The molecule has 1 saturated carbocycles. The Balaban J connectivity index is 1.69. The Labute approximate surface area is 128 Å². The number of carbonyl (C=O) groups excluding carboxylic acids is 1. The molecule has 2 amide bonds. The van der Waals surface area contributed by atoms with Crippen molar-refractivity contribution in [2.75, 3.05) is 19.6 Å². The number of carbonyl (C=O) groups is 1. The van der Waals surface area contributed by atoms with E-state index in [-0.39, 0.29) is 18.2 Å². The summed E-state index contributed by atoms with van der Waals surface area (Å²) in [6.07, 6.45) is 9.26. The number of hydrogen-bond acceptors (Lipinski definition) is 3. The van der Waals surface area contributed by atoms with E-state index in [9.17, 15) is 9.90 Å². The van der Waals surface area contributed by atoms with E-state index in [0.717, 1.165) is 19.0 Å². The first-order valence-corrected chi connectivity index (χ1v) is 8.61. The lowest BCUT2D eigenvalue weighted by Crippen LogP contribution is -2.53. The highest BCUT2D eigenvalue weighted by atomic mass is 16.3. The molecule has 122 valence electrons. The van der Waals surface area contributed by atoms with Crippen LogP contribution in [0.15, 0.2) is 0 Å². The van der Waals surface area contributed by atoms with Crippen molar-refractivity contribution in [3.05, 3.63) is 0 Å². The summed E-state index contributed by atoms with van der Waals surface area (Å²) in [5.74, 6) is 0. The lowest BCUT2D eigenvalue weighted by atomic mass is 9.92. The van der Waals surface area contributed by atoms with Gasteiger partial charge in [-0.2, -0.15) is 0 Å². The van der Waals surface area contributed by atoms with Gasteiger partial charge in [0.05, 0.1) is 6.10 Å². The molecule has 1 aliphatic heterocycles. The molecule has 0 radical (unpaired) electrons. The third-order valence-corrected chi connectivity index (χ3v) is 4.73. The van der Waals surface area contributed by atoms with Crippen molar-refractivity contribution in [1.82, 2.24) is 15.5 Å². The smallest absolute Gasteiger partial charge is 0.315 e. The Bertz CT molecular complexity index is 317. The van der Waals surface area contributed by atoms with Gasteiger partial charge in [-0.05, 0) is 45.6 Å². The van der Waals surface area contributed by atoms with Crippen LogP contribution in [0.5, 0.6) is 0 Å². The maximum Gasteiger partial charge on any atom is 0.315 e. The number of urea groups is 1. The number of rotatable bonds is 5. The molecule has 3 N–H and O–H groups in total. The Morgan fingerprint density at radius 1 is 1.24 bits per heavy atom. The topological polar surface area (TPSA) is 64.6 Å². The molecule has 1 saturated heterocycles. The Morgan fingerprint density at radius 2 is 2.00 bits per heavy atom. The van der Waals surface area contributed by atoms with Crippen molar-refractivity contribution in [2.45, 2.75) is 76.5 Å². The molecule has 0 bridgehead atoms. The van der Waals surface area contributed by atoms with Crippen LogP contribution in [0.3, 0.4) is 0 Å². The number of hydrogen-bond donors (Lipinski definition) is 3. The molecule has 5 nitrogen and oxygen atoms in total. The molecule has 5 heteroatoms. The first kappa shape index (κ1) is 16.6. The van der Waals surface area contributed by atoms with Gasteiger partial charge in [-0.1, -0.05) is 19.3 Å². The van der Waals surface area contributed by atoms with Gasteiger partial charge in [0.1, 0.15) is 0 Å². The molecule has 2 rings (SSSR count). The first-order valence-electron chi connectivity index (χ1n) is 8.61. The van der Waals surface area contributed by atoms with Gasteiger partial charge in [0.15, 0.2) is 0 Å². The van der Waals surface area contributed by atoms with E-state index in [4.69, 9.17) is 0 Å². The lowest BCUT2D eigenvalue weighted by Gasteiger charge is -2.40. The van der Waals surface area contributed by atoms with Crippen LogP contribution < -0.4 is 10.6 Å². The number of aliphatic hydroxyl groups is 1. The van der Waals surface area contributed by atoms with Gasteiger partial charge in [-0.3, -0.25) is 4.90 Å². The number of amides is 2.